The van der Waals surface area contributed by atoms with Crippen molar-refractivity contribution in [2.45, 2.75) is 25.7 Å². The van der Waals surface area contributed by atoms with Gasteiger partial charge >= 0.3 is 0 Å². The number of aromatic nitrogens is 1. The highest BCUT2D eigenvalue weighted by Crippen LogP contribution is 2.18. The first-order chi connectivity index (χ1) is 6.88. The molecule has 1 amide bonds. The summed E-state index contributed by atoms with van der Waals surface area (Å²) < 4.78 is 0. The van der Waals surface area contributed by atoms with E-state index in [0.29, 0.717) is 6.42 Å². The summed E-state index contributed by atoms with van der Waals surface area (Å²) in [5, 5.41) is 0. The third kappa shape index (κ3) is 1.92. The quantitative estimate of drug-likeness (QED) is 0.678. The lowest BCUT2D eigenvalue weighted by Crippen LogP contribution is -2.29. The van der Waals surface area contributed by atoms with Gasteiger partial charge in [-0.25, -0.2) is 0 Å². The molecule has 0 saturated carbocycles. The van der Waals surface area contributed by atoms with Crippen molar-refractivity contribution in [3.8, 4) is 0 Å². The van der Waals surface area contributed by atoms with Crippen molar-refractivity contribution >= 4 is 11.6 Å². The molecule has 3 heteroatoms. The fourth-order valence-electron chi connectivity index (χ4n) is 1.78. The molecule has 1 aliphatic heterocycles. The van der Waals surface area contributed by atoms with Crippen LogP contribution in [0.4, 0.5) is 5.69 Å². The van der Waals surface area contributed by atoms with E-state index >= 15 is 0 Å². The molecular formula is C11H14N2O. The number of carbonyl (C=O) groups is 1. The Morgan fingerprint density at radius 2 is 1.93 bits per heavy atom. The van der Waals surface area contributed by atoms with Gasteiger partial charge in [-0.1, -0.05) is 6.42 Å². The minimum Gasteiger partial charge on any atom is -0.312 e. The van der Waals surface area contributed by atoms with Crippen LogP contribution >= 0.6 is 0 Å². The molecule has 3 nitrogen and oxygen atoms in total. The smallest absolute Gasteiger partial charge is 0.226 e. The van der Waals surface area contributed by atoms with Crippen LogP contribution in [0, 0.1) is 0 Å². The van der Waals surface area contributed by atoms with Crippen LogP contribution in [0.3, 0.4) is 0 Å². The molecule has 14 heavy (non-hydrogen) atoms. The zero-order valence-corrected chi connectivity index (χ0v) is 8.15. The van der Waals surface area contributed by atoms with E-state index in [1.54, 1.807) is 12.4 Å². The SMILES string of the molecule is O=C1CCCCCN1c1ccncc1. The van der Waals surface area contributed by atoms with Gasteiger partial charge in [-0.05, 0) is 25.0 Å². The third-order valence-corrected chi connectivity index (χ3v) is 2.55. The van der Waals surface area contributed by atoms with Gasteiger partial charge in [0.05, 0.1) is 0 Å². The van der Waals surface area contributed by atoms with Crippen LogP contribution < -0.4 is 4.90 Å². The van der Waals surface area contributed by atoms with E-state index in [1.807, 2.05) is 17.0 Å². The number of anilines is 1. The van der Waals surface area contributed by atoms with E-state index in [0.717, 1.165) is 31.5 Å². The molecule has 0 unspecified atom stereocenters. The maximum absolute atomic E-state index is 11.7. The standard InChI is InChI=1S/C11H14N2O/c14-11-4-2-1-3-9-13(11)10-5-7-12-8-6-10/h5-8H,1-4,9H2. The molecule has 1 aromatic heterocycles. The first kappa shape index (κ1) is 9.19. The van der Waals surface area contributed by atoms with Gasteiger partial charge in [0.15, 0.2) is 0 Å². The Morgan fingerprint density at radius 3 is 2.71 bits per heavy atom. The molecule has 74 valence electrons. The summed E-state index contributed by atoms with van der Waals surface area (Å²) >= 11 is 0. The molecule has 2 rings (SSSR count). The highest BCUT2D eigenvalue weighted by atomic mass is 16.2. The van der Waals surface area contributed by atoms with E-state index in [-0.39, 0.29) is 5.91 Å². The van der Waals surface area contributed by atoms with E-state index < -0.39 is 0 Å². The van der Waals surface area contributed by atoms with Crippen molar-refractivity contribution < 1.29 is 4.79 Å². The fourth-order valence-corrected chi connectivity index (χ4v) is 1.78. The van der Waals surface area contributed by atoms with E-state index in [9.17, 15) is 4.79 Å². The molecule has 0 bridgehead atoms. The molecule has 1 aliphatic rings. The van der Waals surface area contributed by atoms with Crippen LogP contribution in [-0.4, -0.2) is 17.4 Å². The molecule has 1 aromatic rings. The lowest BCUT2D eigenvalue weighted by atomic mass is 10.2. The highest BCUT2D eigenvalue weighted by Gasteiger charge is 2.17. The molecule has 1 fully saturated rings. The topological polar surface area (TPSA) is 33.2 Å². The van der Waals surface area contributed by atoms with Gasteiger partial charge in [0.25, 0.3) is 0 Å². The minimum atomic E-state index is 0.244. The molecule has 0 N–H and O–H groups in total. The van der Waals surface area contributed by atoms with E-state index in [2.05, 4.69) is 4.98 Å². The van der Waals surface area contributed by atoms with Crippen LogP contribution in [0.5, 0.6) is 0 Å². The summed E-state index contributed by atoms with van der Waals surface area (Å²) in [6, 6.07) is 3.78. The predicted molar refractivity (Wildman–Crippen MR) is 55.1 cm³/mol. The largest absolute Gasteiger partial charge is 0.312 e. The lowest BCUT2D eigenvalue weighted by molar-refractivity contribution is -0.118. The van der Waals surface area contributed by atoms with Crippen LogP contribution in [-0.2, 0) is 4.79 Å². The molecule has 2 heterocycles. The monoisotopic (exact) mass is 190 g/mol. The summed E-state index contributed by atoms with van der Waals surface area (Å²) in [7, 11) is 0. The van der Waals surface area contributed by atoms with Crippen LogP contribution in [0.2, 0.25) is 0 Å². The number of pyridine rings is 1. The van der Waals surface area contributed by atoms with Crippen LogP contribution in [0.1, 0.15) is 25.7 Å². The normalized spacial score (nSPS) is 18.0. The van der Waals surface area contributed by atoms with Crippen LogP contribution in [0.15, 0.2) is 24.5 Å². The molecule has 0 aromatic carbocycles. The van der Waals surface area contributed by atoms with Crippen LogP contribution in [0.25, 0.3) is 0 Å². The van der Waals surface area contributed by atoms with Crippen molar-refractivity contribution in [3.63, 3.8) is 0 Å². The van der Waals surface area contributed by atoms with Gasteiger partial charge in [-0.15, -0.1) is 0 Å². The Balaban J connectivity index is 2.19. The lowest BCUT2D eigenvalue weighted by Gasteiger charge is -2.19. The maximum Gasteiger partial charge on any atom is 0.226 e. The molecule has 0 atom stereocenters. The van der Waals surface area contributed by atoms with Crippen molar-refractivity contribution in [2.75, 3.05) is 11.4 Å². The van der Waals surface area contributed by atoms with Gasteiger partial charge in [-0.2, -0.15) is 0 Å². The Hall–Kier alpha value is -1.38. The van der Waals surface area contributed by atoms with Gasteiger partial charge < -0.3 is 4.90 Å². The molecule has 0 aliphatic carbocycles. The zero-order chi connectivity index (χ0) is 9.80. The molecule has 0 spiro atoms. The first-order valence-electron chi connectivity index (χ1n) is 5.08. The van der Waals surface area contributed by atoms with Gasteiger partial charge in [0.2, 0.25) is 5.91 Å². The summed E-state index contributed by atoms with van der Waals surface area (Å²) in [4.78, 5) is 17.5. The highest BCUT2D eigenvalue weighted by molar-refractivity contribution is 5.93. The van der Waals surface area contributed by atoms with Crippen molar-refractivity contribution in [2.24, 2.45) is 0 Å². The summed E-state index contributed by atoms with van der Waals surface area (Å²) in [5.74, 6) is 0.244. The van der Waals surface area contributed by atoms with Crippen molar-refractivity contribution in [1.82, 2.24) is 4.98 Å². The minimum absolute atomic E-state index is 0.244. The molecule has 0 radical (unpaired) electrons. The number of carbonyl (C=O) groups excluding carboxylic acids is 1. The molecular weight excluding hydrogens is 176 g/mol. The third-order valence-electron chi connectivity index (χ3n) is 2.55. The second-order valence-electron chi connectivity index (χ2n) is 3.56. The average molecular weight is 190 g/mol. The summed E-state index contributed by atoms with van der Waals surface area (Å²) in [5.41, 5.74) is 0.979. The number of rotatable bonds is 1. The fraction of sp³-hybridized carbons (Fsp3) is 0.455. The second kappa shape index (κ2) is 4.22. The van der Waals surface area contributed by atoms with Gasteiger partial charge in [0.1, 0.15) is 0 Å². The number of hydrogen-bond acceptors (Lipinski definition) is 2. The van der Waals surface area contributed by atoms with E-state index in [4.69, 9.17) is 0 Å². The maximum atomic E-state index is 11.7. The summed E-state index contributed by atoms with van der Waals surface area (Å²) in [6.07, 6.45) is 7.44. The Bertz CT molecular complexity index is 310. The second-order valence-corrected chi connectivity index (χ2v) is 3.56. The van der Waals surface area contributed by atoms with Crippen molar-refractivity contribution in [1.29, 1.82) is 0 Å². The summed E-state index contributed by atoms with van der Waals surface area (Å²) in [6.45, 7) is 0.850. The molecule has 1 saturated heterocycles. The number of amides is 1. The van der Waals surface area contributed by atoms with Gasteiger partial charge in [0, 0.05) is 31.0 Å². The van der Waals surface area contributed by atoms with Gasteiger partial charge in [-0.3, -0.25) is 9.78 Å². The van der Waals surface area contributed by atoms with Crippen molar-refractivity contribution in [3.05, 3.63) is 24.5 Å². The zero-order valence-electron chi connectivity index (χ0n) is 8.15. The average Bonchev–Trinajstić information content (AvgIpc) is 2.44. The Labute approximate surface area is 83.8 Å². The predicted octanol–water partition coefficient (Wildman–Crippen LogP) is 1.99. The first-order valence-corrected chi connectivity index (χ1v) is 5.08. The number of nitrogens with zero attached hydrogens (tertiary/aromatic N) is 2. The number of hydrogen-bond donors (Lipinski definition) is 0. The Kier molecular flexibility index (Phi) is 2.77. The Morgan fingerprint density at radius 1 is 1.14 bits per heavy atom. The van der Waals surface area contributed by atoms with E-state index in [1.165, 1.54) is 0 Å².